The first kappa shape index (κ1) is 16.9. The van der Waals surface area contributed by atoms with Gasteiger partial charge in [-0.2, -0.15) is 15.8 Å². The summed E-state index contributed by atoms with van der Waals surface area (Å²) in [5.74, 6) is -0.800. The van der Waals surface area contributed by atoms with Crippen molar-refractivity contribution in [3.63, 3.8) is 0 Å². The van der Waals surface area contributed by atoms with Gasteiger partial charge in [-0.3, -0.25) is 0 Å². The van der Waals surface area contributed by atoms with Gasteiger partial charge in [-0.25, -0.2) is 14.8 Å². The average Bonchev–Trinajstić information content (AvgIpc) is 2.96. The van der Waals surface area contributed by atoms with Gasteiger partial charge in [0.25, 0.3) is 0 Å². The van der Waals surface area contributed by atoms with Crippen molar-refractivity contribution in [2.75, 3.05) is 6.61 Å². The molecule has 0 N–H and O–H groups in total. The van der Waals surface area contributed by atoms with Gasteiger partial charge >= 0.3 is 5.97 Å². The number of hydrogen-bond donors (Lipinski definition) is 0. The minimum atomic E-state index is -0.800. The van der Waals surface area contributed by atoms with Crippen molar-refractivity contribution < 1.29 is 9.53 Å². The van der Waals surface area contributed by atoms with Crippen molar-refractivity contribution in [2.24, 2.45) is 0 Å². The van der Waals surface area contributed by atoms with E-state index < -0.39 is 5.97 Å². The molecule has 1 aliphatic rings. The number of nitriles is 3. The Hall–Kier alpha value is -2.51. The van der Waals surface area contributed by atoms with Gasteiger partial charge in [0.15, 0.2) is 17.0 Å². The van der Waals surface area contributed by atoms with Gasteiger partial charge in [-0.1, -0.05) is 35.1 Å². The third-order valence-corrected chi connectivity index (χ3v) is 4.89. The Balaban J connectivity index is 2.33. The number of thioether (sulfide) groups is 2. The lowest BCUT2D eigenvalue weighted by Crippen LogP contribution is -2.07. The van der Waals surface area contributed by atoms with E-state index in [1.807, 2.05) is 0 Å². The Morgan fingerprint density at radius 2 is 1.74 bits per heavy atom. The maximum atomic E-state index is 11.9. The van der Waals surface area contributed by atoms with Crippen LogP contribution in [-0.2, 0) is 9.53 Å². The second kappa shape index (κ2) is 7.66. The second-order valence-corrected chi connectivity index (χ2v) is 6.20. The van der Waals surface area contributed by atoms with E-state index in [9.17, 15) is 4.79 Å². The number of esters is 1. The number of ether oxygens (including phenoxy) is 1. The lowest BCUT2D eigenvalue weighted by Gasteiger charge is -2.01. The summed E-state index contributed by atoms with van der Waals surface area (Å²) in [7, 11) is 0. The molecule has 2 rings (SSSR count). The fraction of sp³-hybridized carbons (Fsp3) is 0.0769. The Morgan fingerprint density at radius 3 is 2.17 bits per heavy atom. The summed E-state index contributed by atoms with van der Waals surface area (Å²) < 4.78 is 5.21. The zero-order valence-corrected chi connectivity index (χ0v) is 13.5. The molecule has 0 aromatic carbocycles. The number of rotatable bonds is 3. The Bertz CT molecular complexity index is 816. The maximum Gasteiger partial charge on any atom is 0.350 e. The van der Waals surface area contributed by atoms with Crippen LogP contribution in [0.25, 0.3) is 0 Å². The average molecular weight is 362 g/mol. The molecule has 0 spiro atoms. The maximum absolute atomic E-state index is 11.9. The lowest BCUT2D eigenvalue weighted by molar-refractivity contribution is -0.137. The summed E-state index contributed by atoms with van der Waals surface area (Å²) in [6.45, 7) is -0.0588. The molecule has 0 amide bonds. The molecule has 0 radical (unpaired) electrons. The van der Waals surface area contributed by atoms with Crippen molar-refractivity contribution in [1.29, 1.82) is 15.8 Å². The molecular formula is C13H4ClN5O2S2. The predicted octanol–water partition coefficient (Wildman–Crippen LogP) is 2.45. The van der Waals surface area contributed by atoms with Crippen LogP contribution in [0.1, 0.15) is 11.4 Å². The van der Waals surface area contributed by atoms with Crippen LogP contribution in [0.4, 0.5) is 0 Å². The first-order chi connectivity index (χ1) is 11.1. The Morgan fingerprint density at radius 1 is 1.17 bits per heavy atom. The van der Waals surface area contributed by atoms with E-state index in [0.717, 1.165) is 23.5 Å². The molecule has 2 heterocycles. The smallest absolute Gasteiger partial charge is 0.350 e. The van der Waals surface area contributed by atoms with Crippen LogP contribution >= 0.6 is 35.1 Å². The number of fused-ring (bicyclic) bond motifs is 1. The molecule has 0 unspecified atom stereocenters. The van der Waals surface area contributed by atoms with Gasteiger partial charge < -0.3 is 4.74 Å². The van der Waals surface area contributed by atoms with Crippen LogP contribution in [0, 0.1) is 34.0 Å². The molecular weight excluding hydrogens is 358 g/mol. The number of carbonyl (C=O) groups excluding carboxylic acids is 1. The largest absolute Gasteiger partial charge is 0.457 e. The monoisotopic (exact) mass is 361 g/mol. The van der Waals surface area contributed by atoms with E-state index >= 15 is 0 Å². The minimum absolute atomic E-state index is 0.0588. The van der Waals surface area contributed by atoms with E-state index in [1.54, 1.807) is 18.2 Å². The normalized spacial score (nSPS) is 12.2. The fourth-order valence-corrected chi connectivity index (χ4v) is 3.72. The van der Waals surface area contributed by atoms with Crippen LogP contribution in [0.15, 0.2) is 31.5 Å². The summed E-state index contributed by atoms with van der Waals surface area (Å²) in [5, 5.41) is 27.8. The van der Waals surface area contributed by atoms with Crippen LogP contribution in [0.3, 0.4) is 0 Å². The van der Waals surface area contributed by atoms with E-state index in [4.69, 9.17) is 32.1 Å². The van der Waals surface area contributed by atoms with E-state index in [1.165, 1.54) is 11.6 Å². The van der Waals surface area contributed by atoms with Crippen LogP contribution in [0.2, 0.25) is 0 Å². The first-order valence-corrected chi connectivity index (χ1v) is 7.86. The molecule has 0 saturated heterocycles. The summed E-state index contributed by atoms with van der Waals surface area (Å²) in [6.07, 6.45) is 1.41. The molecule has 0 atom stereocenters. The lowest BCUT2D eigenvalue weighted by atomic mass is 10.3. The van der Waals surface area contributed by atoms with Crippen molar-refractivity contribution in [3.8, 4) is 18.2 Å². The van der Waals surface area contributed by atoms with Gasteiger partial charge in [0.1, 0.15) is 34.9 Å². The molecule has 1 aromatic heterocycles. The number of carbonyl (C=O) groups is 1. The highest BCUT2D eigenvalue weighted by molar-refractivity contribution is 8.24. The fourth-order valence-electron chi connectivity index (χ4n) is 1.40. The molecule has 1 aliphatic heterocycles. The number of nitrogens with zero attached hydrogens (tertiary/aromatic N) is 5. The number of aromatic nitrogens is 2. The quantitative estimate of drug-likeness (QED) is 0.453. The molecule has 7 nitrogen and oxygen atoms in total. The third kappa shape index (κ3) is 3.64. The molecule has 23 heavy (non-hydrogen) atoms. The molecule has 0 fully saturated rings. The zero-order chi connectivity index (χ0) is 16.8. The molecule has 10 heteroatoms. The summed E-state index contributed by atoms with van der Waals surface area (Å²) in [5.41, 5.74) is 0.796. The van der Waals surface area contributed by atoms with Gasteiger partial charge in [-0.15, -0.1) is 0 Å². The van der Waals surface area contributed by atoms with Crippen LogP contribution in [-0.4, -0.2) is 22.5 Å². The second-order valence-electron chi connectivity index (χ2n) is 3.69. The highest BCUT2D eigenvalue weighted by Gasteiger charge is 2.29. The SMILES string of the molecule is N#CC(C(=O)OCC=CCl)=C1Sc2nc(C#N)c(C#N)nc2S1. The van der Waals surface area contributed by atoms with Gasteiger partial charge in [-0.05, 0) is 6.08 Å². The topological polar surface area (TPSA) is 123 Å². The van der Waals surface area contributed by atoms with E-state index in [2.05, 4.69) is 9.97 Å². The molecule has 0 saturated carbocycles. The summed E-state index contributed by atoms with van der Waals surface area (Å²) in [4.78, 5) is 19.9. The molecule has 0 bridgehead atoms. The van der Waals surface area contributed by atoms with Crippen LogP contribution in [0.5, 0.6) is 0 Å². The highest BCUT2D eigenvalue weighted by Crippen LogP contribution is 2.50. The van der Waals surface area contributed by atoms with Crippen LogP contribution < -0.4 is 0 Å². The van der Waals surface area contributed by atoms with Crippen molar-refractivity contribution in [1.82, 2.24) is 9.97 Å². The van der Waals surface area contributed by atoms with E-state index in [0.29, 0.717) is 14.3 Å². The molecule has 0 aliphatic carbocycles. The Kier molecular flexibility index (Phi) is 5.61. The third-order valence-electron chi connectivity index (χ3n) is 2.34. The standard InChI is InChI=1S/C13H4ClN5O2S2/c14-2-1-3-21-12(20)7(4-15)13-22-10-11(23-13)19-9(6-17)8(5-16)18-10/h1-2H,3H2. The highest BCUT2D eigenvalue weighted by atomic mass is 35.5. The Labute approximate surface area is 144 Å². The van der Waals surface area contributed by atoms with Crippen molar-refractivity contribution in [2.45, 2.75) is 10.1 Å². The summed E-state index contributed by atoms with van der Waals surface area (Å²) in [6, 6.07) is 5.34. The van der Waals surface area contributed by atoms with E-state index in [-0.39, 0.29) is 23.6 Å². The summed E-state index contributed by atoms with van der Waals surface area (Å²) >= 11 is 7.37. The zero-order valence-electron chi connectivity index (χ0n) is 11.1. The predicted molar refractivity (Wildman–Crippen MR) is 81.8 cm³/mol. The van der Waals surface area contributed by atoms with Crippen molar-refractivity contribution >= 4 is 41.1 Å². The first-order valence-electron chi connectivity index (χ1n) is 5.79. The van der Waals surface area contributed by atoms with Gasteiger partial charge in [0, 0.05) is 5.54 Å². The van der Waals surface area contributed by atoms with Crippen molar-refractivity contribution in [3.05, 3.63) is 32.8 Å². The molecule has 1 aromatic rings. The minimum Gasteiger partial charge on any atom is -0.457 e. The molecule has 112 valence electrons. The van der Waals surface area contributed by atoms with Gasteiger partial charge in [0.05, 0.1) is 4.24 Å². The van der Waals surface area contributed by atoms with Gasteiger partial charge in [0.2, 0.25) is 0 Å². The number of hydrogen-bond acceptors (Lipinski definition) is 9. The number of halogens is 1.